The van der Waals surface area contributed by atoms with Crippen LogP contribution in [0.15, 0.2) is 22.9 Å². The molecule has 6 heteroatoms. The molecule has 2 rings (SSSR count). The average molecular weight is 277 g/mol. The third-order valence-corrected chi connectivity index (χ3v) is 3.52. The third kappa shape index (κ3) is 3.42. The van der Waals surface area contributed by atoms with Gasteiger partial charge >= 0.3 is 0 Å². The fourth-order valence-electron chi connectivity index (χ4n) is 1.72. The fourth-order valence-corrected chi connectivity index (χ4v) is 2.38. The van der Waals surface area contributed by atoms with Gasteiger partial charge in [-0.25, -0.2) is 15.8 Å². The smallest absolute Gasteiger partial charge is 0.145 e. The highest BCUT2D eigenvalue weighted by atomic mass is 32.1. The van der Waals surface area contributed by atoms with Gasteiger partial charge in [-0.1, -0.05) is 13.8 Å². The highest BCUT2D eigenvalue weighted by Crippen LogP contribution is 2.20. The van der Waals surface area contributed by atoms with Crippen LogP contribution in [0.3, 0.4) is 0 Å². The van der Waals surface area contributed by atoms with E-state index in [1.165, 1.54) is 5.56 Å². The van der Waals surface area contributed by atoms with Crippen molar-refractivity contribution in [2.75, 3.05) is 17.4 Å². The summed E-state index contributed by atoms with van der Waals surface area (Å²) in [7, 11) is 2.02. The number of nitrogens with one attached hydrogen (secondary N) is 1. The van der Waals surface area contributed by atoms with Crippen molar-refractivity contribution in [1.29, 1.82) is 0 Å². The van der Waals surface area contributed by atoms with E-state index in [2.05, 4.69) is 51.0 Å². The van der Waals surface area contributed by atoms with Crippen LogP contribution in [0.4, 0.5) is 11.6 Å². The standard InChI is InChI=1S/C13H19N5S/c1-9(2)13-15-11(17-14)6-12(16-13)18(3)7-10-4-5-19-8-10/h4-6,8-9H,7,14H2,1-3H3,(H,15,16,17). The average Bonchev–Trinajstić information content (AvgIpc) is 2.90. The summed E-state index contributed by atoms with van der Waals surface area (Å²) in [6, 6.07) is 3.98. The minimum atomic E-state index is 0.265. The van der Waals surface area contributed by atoms with E-state index in [4.69, 9.17) is 5.84 Å². The molecular formula is C13H19N5S. The summed E-state index contributed by atoms with van der Waals surface area (Å²) in [6.07, 6.45) is 0. The molecule has 19 heavy (non-hydrogen) atoms. The number of hydrogen-bond donors (Lipinski definition) is 2. The second kappa shape index (κ2) is 5.99. The van der Waals surface area contributed by atoms with Crippen molar-refractivity contribution in [3.05, 3.63) is 34.3 Å². The van der Waals surface area contributed by atoms with E-state index in [0.717, 1.165) is 18.2 Å². The molecule has 2 aromatic heterocycles. The van der Waals surface area contributed by atoms with Crippen LogP contribution in [0.5, 0.6) is 0 Å². The maximum atomic E-state index is 5.47. The number of aromatic nitrogens is 2. The summed E-state index contributed by atoms with van der Waals surface area (Å²) in [5.41, 5.74) is 3.88. The van der Waals surface area contributed by atoms with Crippen LogP contribution < -0.4 is 16.2 Å². The Morgan fingerprint density at radius 1 is 1.42 bits per heavy atom. The van der Waals surface area contributed by atoms with Crippen molar-refractivity contribution in [1.82, 2.24) is 9.97 Å². The number of nitrogens with two attached hydrogens (primary N) is 1. The summed E-state index contributed by atoms with van der Waals surface area (Å²) >= 11 is 1.70. The van der Waals surface area contributed by atoms with Crippen molar-refractivity contribution < 1.29 is 0 Å². The maximum Gasteiger partial charge on any atom is 0.145 e. The number of rotatable bonds is 5. The molecule has 0 aliphatic rings. The Labute approximate surface area is 117 Å². The van der Waals surface area contributed by atoms with E-state index >= 15 is 0 Å². The molecule has 0 saturated heterocycles. The Balaban J connectivity index is 2.24. The minimum Gasteiger partial charge on any atom is -0.355 e. The molecule has 2 aromatic rings. The Morgan fingerprint density at radius 3 is 2.79 bits per heavy atom. The van der Waals surface area contributed by atoms with Gasteiger partial charge in [0.25, 0.3) is 0 Å². The molecule has 0 amide bonds. The Hall–Kier alpha value is -1.66. The van der Waals surface area contributed by atoms with Crippen LogP contribution in [0.25, 0.3) is 0 Å². The lowest BCUT2D eigenvalue weighted by Crippen LogP contribution is -2.20. The predicted molar refractivity (Wildman–Crippen MR) is 80.4 cm³/mol. The van der Waals surface area contributed by atoms with E-state index in [-0.39, 0.29) is 5.92 Å². The number of thiophene rings is 1. The maximum absolute atomic E-state index is 5.47. The van der Waals surface area contributed by atoms with Gasteiger partial charge in [-0.2, -0.15) is 11.3 Å². The third-order valence-electron chi connectivity index (χ3n) is 2.79. The van der Waals surface area contributed by atoms with Gasteiger partial charge in [-0.15, -0.1) is 0 Å². The van der Waals surface area contributed by atoms with Gasteiger partial charge in [0.15, 0.2) is 0 Å². The monoisotopic (exact) mass is 277 g/mol. The van der Waals surface area contributed by atoms with Gasteiger partial charge in [0, 0.05) is 25.6 Å². The summed E-state index contributed by atoms with van der Waals surface area (Å²) in [4.78, 5) is 11.0. The van der Waals surface area contributed by atoms with Gasteiger partial charge in [0.1, 0.15) is 17.5 Å². The second-order valence-electron chi connectivity index (χ2n) is 4.76. The summed E-state index contributed by atoms with van der Waals surface area (Å²) in [6.45, 7) is 4.96. The first-order valence-electron chi connectivity index (χ1n) is 6.18. The Bertz CT molecular complexity index is 524. The van der Waals surface area contributed by atoms with Crippen LogP contribution in [0.1, 0.15) is 31.2 Å². The molecule has 0 bridgehead atoms. The second-order valence-corrected chi connectivity index (χ2v) is 5.54. The fraction of sp³-hybridized carbons (Fsp3) is 0.385. The van der Waals surface area contributed by atoms with Crippen molar-refractivity contribution in [3.63, 3.8) is 0 Å². The van der Waals surface area contributed by atoms with E-state index in [0.29, 0.717) is 5.82 Å². The summed E-state index contributed by atoms with van der Waals surface area (Å²) < 4.78 is 0. The summed E-state index contributed by atoms with van der Waals surface area (Å²) in [5, 5.41) is 4.22. The number of hydrazine groups is 1. The molecule has 5 nitrogen and oxygen atoms in total. The highest BCUT2D eigenvalue weighted by molar-refractivity contribution is 7.07. The molecule has 0 unspecified atom stereocenters. The van der Waals surface area contributed by atoms with Crippen molar-refractivity contribution in [3.8, 4) is 0 Å². The van der Waals surface area contributed by atoms with E-state index in [9.17, 15) is 0 Å². The normalized spacial score (nSPS) is 10.8. The number of nitrogens with zero attached hydrogens (tertiary/aromatic N) is 3. The van der Waals surface area contributed by atoms with Crippen LogP contribution in [-0.2, 0) is 6.54 Å². The Kier molecular flexibility index (Phi) is 4.34. The number of hydrogen-bond acceptors (Lipinski definition) is 6. The molecule has 3 N–H and O–H groups in total. The minimum absolute atomic E-state index is 0.265. The van der Waals surface area contributed by atoms with Crippen LogP contribution in [-0.4, -0.2) is 17.0 Å². The van der Waals surface area contributed by atoms with E-state index < -0.39 is 0 Å². The number of nitrogen functional groups attached to an aromatic ring is 1. The van der Waals surface area contributed by atoms with Crippen molar-refractivity contribution >= 4 is 23.0 Å². The lowest BCUT2D eigenvalue weighted by molar-refractivity contribution is 0.763. The Morgan fingerprint density at radius 2 is 2.21 bits per heavy atom. The predicted octanol–water partition coefficient (Wildman–Crippen LogP) is 2.58. The van der Waals surface area contributed by atoms with Gasteiger partial charge < -0.3 is 10.3 Å². The van der Waals surface area contributed by atoms with Crippen LogP contribution >= 0.6 is 11.3 Å². The first kappa shape index (κ1) is 13.8. The van der Waals surface area contributed by atoms with Gasteiger partial charge in [-0.3, -0.25) is 0 Å². The van der Waals surface area contributed by atoms with Crippen LogP contribution in [0.2, 0.25) is 0 Å². The van der Waals surface area contributed by atoms with E-state index in [1.54, 1.807) is 11.3 Å². The first-order valence-corrected chi connectivity index (χ1v) is 7.12. The molecule has 0 atom stereocenters. The van der Waals surface area contributed by atoms with Crippen molar-refractivity contribution in [2.24, 2.45) is 5.84 Å². The molecule has 0 aliphatic heterocycles. The van der Waals surface area contributed by atoms with Gasteiger partial charge in [0.2, 0.25) is 0 Å². The molecule has 0 aromatic carbocycles. The lowest BCUT2D eigenvalue weighted by atomic mass is 10.2. The highest BCUT2D eigenvalue weighted by Gasteiger charge is 2.11. The number of anilines is 2. The molecule has 2 heterocycles. The molecule has 0 fully saturated rings. The molecule has 102 valence electrons. The zero-order valence-electron chi connectivity index (χ0n) is 11.4. The van der Waals surface area contributed by atoms with Gasteiger partial charge in [-0.05, 0) is 22.4 Å². The SMILES string of the molecule is CC(C)c1nc(NN)cc(N(C)Cc2ccsc2)n1. The lowest BCUT2D eigenvalue weighted by Gasteiger charge is -2.19. The zero-order chi connectivity index (χ0) is 13.8. The molecule has 0 saturated carbocycles. The molecule has 0 radical (unpaired) electrons. The summed E-state index contributed by atoms with van der Waals surface area (Å²) in [5.74, 6) is 8.04. The largest absolute Gasteiger partial charge is 0.355 e. The van der Waals surface area contributed by atoms with Gasteiger partial charge in [0.05, 0.1) is 0 Å². The molecule has 0 spiro atoms. The zero-order valence-corrected chi connectivity index (χ0v) is 12.2. The van der Waals surface area contributed by atoms with E-state index in [1.807, 2.05) is 13.1 Å². The van der Waals surface area contributed by atoms with Crippen LogP contribution in [0, 0.1) is 0 Å². The van der Waals surface area contributed by atoms with Crippen molar-refractivity contribution in [2.45, 2.75) is 26.3 Å². The quantitative estimate of drug-likeness (QED) is 0.649. The molecule has 0 aliphatic carbocycles. The molecular weight excluding hydrogens is 258 g/mol. The first-order chi connectivity index (χ1) is 9.10. The topological polar surface area (TPSA) is 67.1 Å².